The molecule has 2 amide bonds. The van der Waals surface area contributed by atoms with Crippen LogP contribution in [0, 0.1) is 5.92 Å². The number of likely N-dealkylation sites (tertiary alicyclic amines) is 1. The number of sulfonamides is 1. The van der Waals surface area contributed by atoms with Crippen molar-refractivity contribution in [1.29, 1.82) is 0 Å². The van der Waals surface area contributed by atoms with E-state index in [2.05, 4.69) is 15.0 Å². The molecule has 1 aromatic rings. The van der Waals surface area contributed by atoms with E-state index in [1.165, 1.54) is 6.20 Å². The van der Waals surface area contributed by atoms with Crippen LogP contribution in [0.1, 0.15) is 12.8 Å². The van der Waals surface area contributed by atoms with E-state index in [1.54, 1.807) is 24.1 Å². The third kappa shape index (κ3) is 7.14. The first kappa shape index (κ1) is 20.4. The normalized spacial score (nSPS) is 17.8. The summed E-state index contributed by atoms with van der Waals surface area (Å²) in [6, 6.07) is 3.18. The third-order valence-corrected chi connectivity index (χ3v) is 4.66. The first-order valence-corrected chi connectivity index (χ1v) is 10.3. The standard InChI is InChI=1S/C16H26N4O5S/c1-24-8-9-25-15-6-5-14(11-17-15)19-16(21)20-7-3-4-13(12-20)10-18-26(2,22)23/h5-6,11,13,18H,3-4,7-10,12H2,1-2H3,(H,19,21). The van der Waals surface area contributed by atoms with E-state index in [9.17, 15) is 13.2 Å². The van der Waals surface area contributed by atoms with Crippen molar-refractivity contribution >= 4 is 21.7 Å². The topological polar surface area (TPSA) is 110 Å². The van der Waals surface area contributed by atoms with Gasteiger partial charge in [-0.25, -0.2) is 22.9 Å². The number of carbonyl (C=O) groups excluding carboxylic acids is 1. The molecule has 1 fully saturated rings. The van der Waals surface area contributed by atoms with Crippen LogP contribution >= 0.6 is 0 Å². The maximum atomic E-state index is 12.4. The molecule has 2 heterocycles. The number of aromatic nitrogens is 1. The van der Waals surface area contributed by atoms with Crippen LogP contribution in [-0.2, 0) is 14.8 Å². The summed E-state index contributed by atoms with van der Waals surface area (Å²) in [7, 11) is -1.62. The van der Waals surface area contributed by atoms with Gasteiger partial charge in [0.25, 0.3) is 0 Å². The average molecular weight is 386 g/mol. The number of ether oxygens (including phenoxy) is 2. The fourth-order valence-corrected chi connectivity index (χ4v) is 3.20. The zero-order valence-corrected chi connectivity index (χ0v) is 15.9. The summed E-state index contributed by atoms with van der Waals surface area (Å²) in [5.74, 6) is 0.573. The quantitative estimate of drug-likeness (QED) is 0.643. The second-order valence-electron chi connectivity index (χ2n) is 6.23. The van der Waals surface area contributed by atoms with Gasteiger partial charge in [0.05, 0.1) is 24.7 Å². The number of nitrogens with zero attached hydrogens (tertiary/aromatic N) is 2. The van der Waals surface area contributed by atoms with Crippen molar-refractivity contribution in [2.24, 2.45) is 5.92 Å². The number of piperidine rings is 1. The molecule has 1 unspecified atom stereocenters. The molecule has 10 heteroatoms. The van der Waals surface area contributed by atoms with Crippen LogP contribution in [0.2, 0.25) is 0 Å². The van der Waals surface area contributed by atoms with Gasteiger partial charge in [-0.2, -0.15) is 0 Å². The molecule has 1 aliphatic rings. The number of anilines is 1. The van der Waals surface area contributed by atoms with Crippen LogP contribution in [0.4, 0.5) is 10.5 Å². The van der Waals surface area contributed by atoms with Gasteiger partial charge in [-0.3, -0.25) is 0 Å². The molecule has 146 valence electrons. The monoisotopic (exact) mass is 386 g/mol. The molecule has 1 aliphatic heterocycles. The highest BCUT2D eigenvalue weighted by atomic mass is 32.2. The maximum Gasteiger partial charge on any atom is 0.321 e. The molecule has 1 atom stereocenters. The molecule has 2 N–H and O–H groups in total. The molecule has 0 aromatic carbocycles. The summed E-state index contributed by atoms with van der Waals surface area (Å²) in [4.78, 5) is 18.2. The molecular formula is C16H26N4O5S. The van der Waals surface area contributed by atoms with Gasteiger partial charge in [-0.1, -0.05) is 0 Å². The van der Waals surface area contributed by atoms with Crippen molar-refractivity contribution < 1.29 is 22.7 Å². The van der Waals surface area contributed by atoms with E-state index in [4.69, 9.17) is 9.47 Å². The predicted molar refractivity (Wildman–Crippen MR) is 97.8 cm³/mol. The molecule has 1 saturated heterocycles. The first-order chi connectivity index (χ1) is 12.4. The SMILES string of the molecule is COCCOc1ccc(NC(=O)N2CCCC(CNS(C)(=O)=O)C2)cn1. The number of nitrogens with one attached hydrogen (secondary N) is 2. The lowest BCUT2D eigenvalue weighted by atomic mass is 9.99. The van der Waals surface area contributed by atoms with E-state index in [0.717, 1.165) is 19.1 Å². The third-order valence-electron chi connectivity index (χ3n) is 3.97. The maximum absolute atomic E-state index is 12.4. The van der Waals surface area contributed by atoms with Crippen molar-refractivity contribution in [3.63, 3.8) is 0 Å². The summed E-state index contributed by atoms with van der Waals surface area (Å²) in [5.41, 5.74) is 0.575. The Morgan fingerprint density at radius 3 is 2.85 bits per heavy atom. The molecule has 0 radical (unpaired) electrons. The van der Waals surface area contributed by atoms with Crippen LogP contribution in [-0.4, -0.2) is 70.5 Å². The Bertz CT molecular complexity index is 680. The fourth-order valence-electron chi connectivity index (χ4n) is 2.66. The van der Waals surface area contributed by atoms with Crippen molar-refractivity contribution in [3.05, 3.63) is 18.3 Å². The Labute approximate surface area is 154 Å². The zero-order chi connectivity index (χ0) is 19.0. The summed E-state index contributed by atoms with van der Waals surface area (Å²) in [6.07, 6.45) is 4.40. The van der Waals surface area contributed by atoms with Gasteiger partial charge in [0.2, 0.25) is 15.9 Å². The van der Waals surface area contributed by atoms with E-state index < -0.39 is 10.0 Å². The smallest absolute Gasteiger partial charge is 0.321 e. The van der Waals surface area contributed by atoms with Crippen LogP contribution in [0.25, 0.3) is 0 Å². The minimum atomic E-state index is -3.22. The highest BCUT2D eigenvalue weighted by molar-refractivity contribution is 7.88. The van der Waals surface area contributed by atoms with Crippen LogP contribution in [0.15, 0.2) is 18.3 Å². The van der Waals surface area contributed by atoms with Gasteiger partial charge >= 0.3 is 6.03 Å². The number of amides is 2. The van der Waals surface area contributed by atoms with E-state index in [1.807, 2.05) is 0 Å². The van der Waals surface area contributed by atoms with Crippen LogP contribution in [0.5, 0.6) is 5.88 Å². The Morgan fingerprint density at radius 2 is 2.19 bits per heavy atom. The summed E-state index contributed by atoms with van der Waals surface area (Å²) < 4.78 is 35.2. The number of methoxy groups -OCH3 is 1. The van der Waals surface area contributed by atoms with Crippen molar-refractivity contribution in [2.75, 3.05) is 51.5 Å². The Hall–Kier alpha value is -1.91. The lowest BCUT2D eigenvalue weighted by Gasteiger charge is -2.32. The van der Waals surface area contributed by atoms with Crippen molar-refractivity contribution in [2.45, 2.75) is 12.8 Å². The second kappa shape index (κ2) is 9.70. The number of pyridine rings is 1. The average Bonchev–Trinajstić information content (AvgIpc) is 2.61. The Kier molecular flexibility index (Phi) is 7.61. The van der Waals surface area contributed by atoms with Crippen molar-refractivity contribution in [3.8, 4) is 5.88 Å². The van der Waals surface area contributed by atoms with Gasteiger partial charge in [-0.05, 0) is 24.8 Å². The lowest BCUT2D eigenvalue weighted by Crippen LogP contribution is -2.45. The Morgan fingerprint density at radius 1 is 1.38 bits per heavy atom. The minimum absolute atomic E-state index is 0.110. The van der Waals surface area contributed by atoms with E-state index in [0.29, 0.717) is 44.4 Å². The molecule has 1 aromatic heterocycles. The summed E-state index contributed by atoms with van der Waals surface area (Å²) >= 11 is 0. The Balaban J connectivity index is 1.82. The number of urea groups is 1. The number of hydrogen-bond donors (Lipinski definition) is 2. The van der Waals surface area contributed by atoms with Gasteiger partial charge in [0, 0.05) is 32.8 Å². The first-order valence-electron chi connectivity index (χ1n) is 8.46. The fraction of sp³-hybridized carbons (Fsp3) is 0.625. The molecule has 9 nitrogen and oxygen atoms in total. The number of rotatable bonds is 8. The van der Waals surface area contributed by atoms with Crippen molar-refractivity contribution in [1.82, 2.24) is 14.6 Å². The van der Waals surface area contributed by atoms with Gasteiger partial charge < -0.3 is 19.7 Å². The predicted octanol–water partition coefficient (Wildman–Crippen LogP) is 0.900. The largest absolute Gasteiger partial charge is 0.475 e. The number of carbonyl (C=O) groups is 1. The number of hydrogen-bond acceptors (Lipinski definition) is 6. The molecule has 26 heavy (non-hydrogen) atoms. The van der Waals surface area contributed by atoms with Gasteiger partial charge in [-0.15, -0.1) is 0 Å². The molecule has 2 rings (SSSR count). The highest BCUT2D eigenvalue weighted by Crippen LogP contribution is 2.18. The molecule has 0 spiro atoms. The zero-order valence-electron chi connectivity index (χ0n) is 15.1. The minimum Gasteiger partial charge on any atom is -0.475 e. The summed E-state index contributed by atoms with van der Waals surface area (Å²) in [5, 5.41) is 2.80. The van der Waals surface area contributed by atoms with E-state index >= 15 is 0 Å². The van der Waals surface area contributed by atoms with Crippen LogP contribution < -0.4 is 14.8 Å². The van der Waals surface area contributed by atoms with E-state index in [-0.39, 0.29) is 11.9 Å². The molecule has 0 aliphatic carbocycles. The molecule has 0 bridgehead atoms. The second-order valence-corrected chi connectivity index (χ2v) is 8.06. The highest BCUT2D eigenvalue weighted by Gasteiger charge is 2.24. The van der Waals surface area contributed by atoms with Crippen LogP contribution in [0.3, 0.4) is 0 Å². The summed E-state index contributed by atoms with van der Waals surface area (Å²) in [6.45, 7) is 2.39. The van der Waals surface area contributed by atoms with Gasteiger partial charge in [0.1, 0.15) is 6.61 Å². The molecule has 0 saturated carbocycles. The van der Waals surface area contributed by atoms with Gasteiger partial charge in [0.15, 0.2) is 0 Å². The lowest BCUT2D eigenvalue weighted by molar-refractivity contribution is 0.144. The molecular weight excluding hydrogens is 360 g/mol.